The van der Waals surface area contributed by atoms with E-state index in [1.165, 1.54) is 0 Å². The minimum atomic E-state index is -0.556. The van der Waals surface area contributed by atoms with Crippen molar-refractivity contribution in [3.05, 3.63) is 12.7 Å². The fourth-order valence-electron chi connectivity index (χ4n) is 1.33. The molecule has 6 heteroatoms. The number of hydrogen-bond donors (Lipinski definition) is 1. The molecular weight excluding hydrogens is 250 g/mol. The van der Waals surface area contributed by atoms with Crippen LogP contribution in [0.2, 0.25) is 0 Å². The Bertz CT molecular complexity index is 282. The Morgan fingerprint density at radius 3 is 2.68 bits per heavy atom. The van der Waals surface area contributed by atoms with Crippen molar-refractivity contribution >= 4 is 12.4 Å². The van der Waals surface area contributed by atoms with Gasteiger partial charge >= 0.3 is 5.97 Å². The fourth-order valence-corrected chi connectivity index (χ4v) is 1.33. The van der Waals surface area contributed by atoms with Crippen LogP contribution in [0, 0.1) is 5.41 Å². The van der Waals surface area contributed by atoms with E-state index in [4.69, 9.17) is 14.2 Å². The zero-order valence-electron chi connectivity index (χ0n) is 11.6. The lowest BCUT2D eigenvalue weighted by Gasteiger charge is -2.27. The summed E-state index contributed by atoms with van der Waals surface area (Å²) < 4.78 is 15.2. The molecule has 0 aliphatic carbocycles. The van der Waals surface area contributed by atoms with Gasteiger partial charge in [0.05, 0.1) is 12.0 Å². The zero-order valence-corrected chi connectivity index (χ0v) is 11.6. The van der Waals surface area contributed by atoms with E-state index in [0.717, 1.165) is 19.0 Å². The number of carbonyl (C=O) groups excluding carboxylic acids is 2. The average Bonchev–Trinajstić information content (AvgIpc) is 2.42. The van der Waals surface area contributed by atoms with E-state index >= 15 is 0 Å². The molecular formula is C13H23NO5. The smallest absolute Gasteiger partial charge is 0.330 e. The summed E-state index contributed by atoms with van der Waals surface area (Å²) in [4.78, 5) is 21.3. The Morgan fingerprint density at radius 1 is 1.37 bits per heavy atom. The second-order valence-corrected chi connectivity index (χ2v) is 4.54. The summed E-state index contributed by atoms with van der Waals surface area (Å²) in [5, 5.41) is 3.02. The Morgan fingerprint density at radius 2 is 2.11 bits per heavy atom. The van der Waals surface area contributed by atoms with Crippen molar-refractivity contribution in [3.63, 3.8) is 0 Å². The van der Waals surface area contributed by atoms with Crippen molar-refractivity contribution in [2.24, 2.45) is 5.41 Å². The minimum Gasteiger partial charge on any atom is -0.467 e. The molecule has 6 nitrogen and oxygen atoms in total. The van der Waals surface area contributed by atoms with Crippen molar-refractivity contribution in [1.29, 1.82) is 0 Å². The van der Waals surface area contributed by atoms with Crippen LogP contribution in [0.25, 0.3) is 0 Å². The molecule has 0 fully saturated rings. The molecule has 0 aromatic heterocycles. The van der Waals surface area contributed by atoms with Crippen LogP contribution in [-0.2, 0) is 23.8 Å². The number of hydrogen-bond acceptors (Lipinski definition) is 6. The van der Waals surface area contributed by atoms with E-state index < -0.39 is 11.4 Å². The molecule has 0 saturated carbocycles. The number of carbonyl (C=O) groups is 2. The van der Waals surface area contributed by atoms with Crippen LogP contribution in [0.5, 0.6) is 0 Å². The highest BCUT2D eigenvalue weighted by Gasteiger charge is 2.27. The summed E-state index contributed by atoms with van der Waals surface area (Å²) in [6, 6.07) is 0. The SMILES string of the molecule is C=CC(=O)OCC(C)(COC=O)COCCCNC. The second-order valence-electron chi connectivity index (χ2n) is 4.54. The summed E-state index contributed by atoms with van der Waals surface area (Å²) in [7, 11) is 1.87. The lowest BCUT2D eigenvalue weighted by molar-refractivity contribution is -0.146. The first-order valence-corrected chi connectivity index (χ1v) is 6.15. The van der Waals surface area contributed by atoms with E-state index in [-0.39, 0.29) is 13.2 Å². The lowest BCUT2D eigenvalue weighted by Crippen LogP contribution is -2.35. The highest BCUT2D eigenvalue weighted by Crippen LogP contribution is 2.18. The number of ether oxygens (including phenoxy) is 3. The van der Waals surface area contributed by atoms with Gasteiger partial charge in [-0.05, 0) is 20.0 Å². The van der Waals surface area contributed by atoms with Gasteiger partial charge in [0, 0.05) is 12.7 Å². The molecule has 0 bridgehead atoms. The van der Waals surface area contributed by atoms with E-state index in [2.05, 4.69) is 11.9 Å². The molecule has 0 radical (unpaired) electrons. The average molecular weight is 273 g/mol. The first-order chi connectivity index (χ1) is 9.08. The maximum absolute atomic E-state index is 11.0. The topological polar surface area (TPSA) is 73.9 Å². The van der Waals surface area contributed by atoms with Crippen LogP contribution >= 0.6 is 0 Å². The predicted octanol–water partition coefficient (Wildman–Crippen LogP) is 0.521. The second kappa shape index (κ2) is 10.5. The molecule has 1 unspecified atom stereocenters. The third-order valence-corrected chi connectivity index (χ3v) is 2.40. The van der Waals surface area contributed by atoms with Crippen LogP contribution in [0.1, 0.15) is 13.3 Å². The number of rotatable bonds is 12. The highest BCUT2D eigenvalue weighted by atomic mass is 16.5. The molecule has 0 aromatic rings. The zero-order chi connectivity index (χ0) is 14.6. The van der Waals surface area contributed by atoms with E-state index in [0.29, 0.717) is 19.7 Å². The largest absolute Gasteiger partial charge is 0.467 e. The van der Waals surface area contributed by atoms with Crippen LogP contribution in [0.15, 0.2) is 12.7 Å². The molecule has 0 aliphatic heterocycles. The van der Waals surface area contributed by atoms with Gasteiger partial charge in [-0.2, -0.15) is 0 Å². The van der Waals surface area contributed by atoms with Gasteiger partial charge < -0.3 is 19.5 Å². The third-order valence-electron chi connectivity index (χ3n) is 2.40. The van der Waals surface area contributed by atoms with Crippen molar-refractivity contribution < 1.29 is 23.8 Å². The Labute approximate surface area is 114 Å². The third kappa shape index (κ3) is 9.21. The normalized spacial score (nSPS) is 13.4. The quantitative estimate of drug-likeness (QED) is 0.242. The van der Waals surface area contributed by atoms with Crippen molar-refractivity contribution in [1.82, 2.24) is 5.32 Å². The standard InChI is InChI=1S/C13H23NO5/c1-4-12(16)19-10-13(2,9-18-11-15)8-17-7-5-6-14-3/h4,11,14H,1,5-10H2,2-3H3. The number of nitrogens with one attached hydrogen (secondary N) is 1. The maximum atomic E-state index is 11.0. The molecule has 0 amide bonds. The summed E-state index contributed by atoms with van der Waals surface area (Å²) >= 11 is 0. The summed E-state index contributed by atoms with van der Waals surface area (Å²) in [6.45, 7) is 7.55. The Hall–Kier alpha value is -1.40. The van der Waals surface area contributed by atoms with E-state index in [9.17, 15) is 9.59 Å². The summed E-state index contributed by atoms with van der Waals surface area (Å²) in [5.41, 5.74) is -0.556. The van der Waals surface area contributed by atoms with Crippen LogP contribution in [0.4, 0.5) is 0 Å². The molecule has 0 spiro atoms. The van der Waals surface area contributed by atoms with Gasteiger partial charge in [0.1, 0.15) is 13.2 Å². The van der Waals surface area contributed by atoms with Gasteiger partial charge in [-0.25, -0.2) is 4.79 Å². The van der Waals surface area contributed by atoms with Gasteiger partial charge in [-0.15, -0.1) is 0 Å². The van der Waals surface area contributed by atoms with Gasteiger partial charge in [-0.3, -0.25) is 4.79 Å². The van der Waals surface area contributed by atoms with Crippen molar-refractivity contribution in [2.75, 3.05) is 40.0 Å². The minimum absolute atomic E-state index is 0.109. The molecule has 1 N–H and O–H groups in total. The van der Waals surface area contributed by atoms with E-state index in [1.54, 1.807) is 0 Å². The maximum Gasteiger partial charge on any atom is 0.330 e. The lowest BCUT2D eigenvalue weighted by atomic mass is 9.94. The molecule has 110 valence electrons. The van der Waals surface area contributed by atoms with Gasteiger partial charge in [0.25, 0.3) is 6.47 Å². The summed E-state index contributed by atoms with van der Waals surface area (Å²) in [6.07, 6.45) is 1.97. The highest BCUT2D eigenvalue weighted by molar-refractivity contribution is 5.81. The van der Waals surface area contributed by atoms with Gasteiger partial charge in [0.2, 0.25) is 0 Å². The number of esters is 1. The first-order valence-electron chi connectivity index (χ1n) is 6.15. The molecule has 0 aromatic carbocycles. The summed E-state index contributed by atoms with van der Waals surface area (Å²) in [5.74, 6) is -0.507. The Balaban J connectivity index is 4.12. The van der Waals surface area contributed by atoms with Gasteiger partial charge in [-0.1, -0.05) is 13.5 Å². The molecule has 0 saturated heterocycles. The first kappa shape index (κ1) is 17.6. The molecule has 1 atom stereocenters. The molecule has 19 heavy (non-hydrogen) atoms. The van der Waals surface area contributed by atoms with Crippen molar-refractivity contribution in [3.8, 4) is 0 Å². The molecule has 0 aliphatic rings. The predicted molar refractivity (Wildman–Crippen MR) is 70.6 cm³/mol. The monoisotopic (exact) mass is 273 g/mol. The van der Waals surface area contributed by atoms with Crippen LogP contribution < -0.4 is 5.32 Å². The molecule has 0 rings (SSSR count). The van der Waals surface area contributed by atoms with E-state index in [1.807, 2.05) is 14.0 Å². The Kier molecular flexibility index (Phi) is 9.74. The van der Waals surface area contributed by atoms with Crippen LogP contribution in [0.3, 0.4) is 0 Å². The van der Waals surface area contributed by atoms with Gasteiger partial charge in [0.15, 0.2) is 0 Å². The molecule has 0 heterocycles. The van der Waals surface area contributed by atoms with Crippen LogP contribution in [-0.4, -0.2) is 52.5 Å². The van der Waals surface area contributed by atoms with Crippen molar-refractivity contribution in [2.45, 2.75) is 13.3 Å². The fraction of sp³-hybridized carbons (Fsp3) is 0.692.